The second-order valence-electron chi connectivity index (χ2n) is 8.08. The number of rotatable bonds is 6. The Labute approximate surface area is 165 Å². The Kier molecular flexibility index (Phi) is 5.84. The fraction of sp³-hybridized carbons (Fsp3) is 0.476. The number of hydrogen-bond acceptors (Lipinski definition) is 4. The molecule has 0 unspecified atom stereocenters. The zero-order valence-electron chi connectivity index (χ0n) is 17.0. The topological polar surface area (TPSA) is 88.1 Å². The number of benzene rings is 1. The van der Waals surface area contributed by atoms with Gasteiger partial charge in [-0.15, -0.1) is 0 Å². The highest BCUT2D eigenvalue weighted by atomic mass is 16.2. The molecule has 2 amide bonds. The van der Waals surface area contributed by atoms with E-state index in [2.05, 4.69) is 21.0 Å². The van der Waals surface area contributed by atoms with Gasteiger partial charge in [0, 0.05) is 49.0 Å². The van der Waals surface area contributed by atoms with E-state index in [4.69, 9.17) is 0 Å². The van der Waals surface area contributed by atoms with Gasteiger partial charge in [-0.25, -0.2) is 0 Å². The van der Waals surface area contributed by atoms with Gasteiger partial charge in [0.05, 0.1) is 12.1 Å². The van der Waals surface area contributed by atoms with E-state index < -0.39 is 0 Å². The molecule has 7 heteroatoms. The van der Waals surface area contributed by atoms with Crippen molar-refractivity contribution in [2.45, 2.75) is 38.6 Å². The van der Waals surface area contributed by atoms with Crippen LogP contribution in [0.4, 0.5) is 5.69 Å². The monoisotopic (exact) mass is 383 g/mol. The first-order valence-corrected chi connectivity index (χ1v) is 9.72. The molecule has 0 aliphatic carbocycles. The smallest absolute Gasteiger partial charge is 0.251 e. The number of hydrogen-bond donors (Lipinski definition) is 3. The molecule has 3 N–H and O–H groups in total. The van der Waals surface area contributed by atoms with Crippen LogP contribution >= 0.6 is 0 Å². The molecule has 150 valence electrons. The van der Waals surface area contributed by atoms with Gasteiger partial charge in [0.15, 0.2) is 0 Å². The lowest BCUT2D eigenvalue weighted by molar-refractivity contribution is -0.119. The normalized spacial score (nSPS) is 19.4. The average Bonchev–Trinajstić information content (AvgIpc) is 3.30. The predicted molar refractivity (Wildman–Crippen MR) is 109 cm³/mol. The molecule has 2 atom stereocenters. The summed E-state index contributed by atoms with van der Waals surface area (Å²) in [5.41, 5.74) is 2.09. The second kappa shape index (κ2) is 8.14. The van der Waals surface area contributed by atoms with Crippen LogP contribution in [0, 0.1) is 5.92 Å². The molecule has 0 spiro atoms. The van der Waals surface area contributed by atoms with Crippen LogP contribution in [0.25, 0.3) is 0 Å². The van der Waals surface area contributed by atoms with Crippen LogP contribution < -0.4 is 16.0 Å². The first-order chi connectivity index (χ1) is 13.3. The van der Waals surface area contributed by atoms with Crippen molar-refractivity contribution in [3.05, 3.63) is 47.8 Å². The van der Waals surface area contributed by atoms with Gasteiger partial charge in [0.1, 0.15) is 0 Å². The minimum Gasteiger partial charge on any atom is -0.347 e. The van der Waals surface area contributed by atoms with E-state index in [0.717, 1.165) is 18.5 Å². The standard InChI is InChI=1S/C21H29N5O2/c1-5-21(2,3)25-19(27)14-6-8-16(9-7-14)24-20(28)18-12-22-11-17(18)15-10-23-26(4)13-15/h6-10,13,17-18,22H,5,11-12H2,1-4H3,(H,24,28)(H,25,27)/t17-,18+/m1/s1. The van der Waals surface area contributed by atoms with Crippen molar-refractivity contribution in [2.24, 2.45) is 13.0 Å². The Bertz CT molecular complexity index is 841. The summed E-state index contributed by atoms with van der Waals surface area (Å²) in [6, 6.07) is 7.02. The highest BCUT2D eigenvalue weighted by Crippen LogP contribution is 2.29. The maximum Gasteiger partial charge on any atom is 0.251 e. The van der Waals surface area contributed by atoms with Crippen molar-refractivity contribution in [2.75, 3.05) is 18.4 Å². The van der Waals surface area contributed by atoms with Crippen molar-refractivity contribution in [3.8, 4) is 0 Å². The lowest BCUT2D eigenvalue weighted by atomic mass is 9.90. The van der Waals surface area contributed by atoms with Crippen LogP contribution in [0.15, 0.2) is 36.7 Å². The highest BCUT2D eigenvalue weighted by Gasteiger charge is 2.34. The first-order valence-electron chi connectivity index (χ1n) is 9.72. The van der Waals surface area contributed by atoms with Crippen LogP contribution in [0.1, 0.15) is 49.0 Å². The highest BCUT2D eigenvalue weighted by molar-refractivity contribution is 5.97. The van der Waals surface area contributed by atoms with E-state index in [1.807, 2.05) is 40.2 Å². The minimum atomic E-state index is -0.249. The summed E-state index contributed by atoms with van der Waals surface area (Å²) < 4.78 is 1.76. The zero-order chi connectivity index (χ0) is 20.3. The Hall–Kier alpha value is -2.67. The van der Waals surface area contributed by atoms with Crippen molar-refractivity contribution < 1.29 is 9.59 Å². The number of nitrogens with zero attached hydrogens (tertiary/aromatic N) is 2. The third kappa shape index (κ3) is 4.59. The van der Waals surface area contributed by atoms with Gasteiger partial charge < -0.3 is 16.0 Å². The Morgan fingerprint density at radius 1 is 1.25 bits per heavy atom. The van der Waals surface area contributed by atoms with Crippen molar-refractivity contribution in [1.29, 1.82) is 0 Å². The quantitative estimate of drug-likeness (QED) is 0.714. The molecule has 3 rings (SSSR count). The van der Waals surface area contributed by atoms with Crippen LogP contribution in [0.2, 0.25) is 0 Å². The molecule has 7 nitrogen and oxygen atoms in total. The van der Waals surface area contributed by atoms with Gasteiger partial charge in [0.25, 0.3) is 5.91 Å². The van der Waals surface area contributed by atoms with Gasteiger partial charge >= 0.3 is 0 Å². The van der Waals surface area contributed by atoms with Gasteiger partial charge in [-0.3, -0.25) is 14.3 Å². The molecule has 1 aromatic heterocycles. The van der Waals surface area contributed by atoms with Crippen molar-refractivity contribution >= 4 is 17.5 Å². The summed E-state index contributed by atoms with van der Waals surface area (Å²) in [6.07, 6.45) is 4.63. The van der Waals surface area contributed by atoms with Crippen LogP contribution in [0.3, 0.4) is 0 Å². The SMILES string of the molecule is CCC(C)(C)NC(=O)c1ccc(NC(=O)[C@H]2CNC[C@@H]2c2cnn(C)c2)cc1. The number of amides is 2. The molecule has 0 radical (unpaired) electrons. The summed E-state index contributed by atoms with van der Waals surface area (Å²) >= 11 is 0. The Morgan fingerprint density at radius 3 is 2.57 bits per heavy atom. The predicted octanol–water partition coefficient (Wildman–Crippen LogP) is 2.28. The molecule has 0 saturated carbocycles. The fourth-order valence-electron chi connectivity index (χ4n) is 3.34. The average molecular weight is 383 g/mol. The third-order valence-corrected chi connectivity index (χ3v) is 5.45. The Morgan fingerprint density at radius 2 is 1.96 bits per heavy atom. The van der Waals surface area contributed by atoms with Gasteiger partial charge in [0.2, 0.25) is 5.91 Å². The number of nitrogens with one attached hydrogen (secondary N) is 3. The molecule has 1 saturated heterocycles. The van der Waals surface area contributed by atoms with E-state index in [-0.39, 0.29) is 29.2 Å². The maximum absolute atomic E-state index is 12.8. The maximum atomic E-state index is 12.8. The lowest BCUT2D eigenvalue weighted by Gasteiger charge is -2.24. The molecular weight excluding hydrogens is 354 g/mol. The molecule has 0 bridgehead atoms. The molecular formula is C21H29N5O2. The van der Waals surface area contributed by atoms with Crippen LogP contribution in [-0.2, 0) is 11.8 Å². The van der Waals surface area contributed by atoms with E-state index in [1.165, 1.54) is 0 Å². The number of carbonyl (C=O) groups is 2. The summed E-state index contributed by atoms with van der Waals surface area (Å²) in [4.78, 5) is 25.1. The lowest BCUT2D eigenvalue weighted by Crippen LogP contribution is -2.42. The number of aromatic nitrogens is 2. The Balaban J connectivity index is 1.63. The van der Waals surface area contributed by atoms with Gasteiger partial charge in [-0.05, 0) is 50.1 Å². The van der Waals surface area contributed by atoms with E-state index >= 15 is 0 Å². The number of aryl methyl sites for hydroxylation is 1. The van der Waals surface area contributed by atoms with Crippen molar-refractivity contribution in [1.82, 2.24) is 20.4 Å². The van der Waals surface area contributed by atoms with Gasteiger partial charge in [-0.1, -0.05) is 6.92 Å². The fourth-order valence-corrected chi connectivity index (χ4v) is 3.34. The zero-order valence-corrected chi connectivity index (χ0v) is 17.0. The summed E-state index contributed by atoms with van der Waals surface area (Å²) in [7, 11) is 1.88. The number of anilines is 1. The van der Waals surface area contributed by atoms with Gasteiger partial charge in [-0.2, -0.15) is 5.10 Å². The summed E-state index contributed by atoms with van der Waals surface area (Å²) in [6.45, 7) is 7.42. The molecule has 1 fully saturated rings. The molecule has 2 heterocycles. The van der Waals surface area contributed by atoms with Crippen molar-refractivity contribution in [3.63, 3.8) is 0 Å². The molecule has 28 heavy (non-hydrogen) atoms. The molecule has 1 aromatic carbocycles. The third-order valence-electron chi connectivity index (χ3n) is 5.45. The van der Waals surface area contributed by atoms with Crippen LogP contribution in [-0.4, -0.2) is 40.2 Å². The molecule has 1 aliphatic rings. The van der Waals surface area contributed by atoms with E-state index in [9.17, 15) is 9.59 Å². The molecule has 2 aromatic rings. The number of carbonyl (C=O) groups excluding carboxylic acids is 2. The first kappa shape index (κ1) is 20.1. The van der Waals surface area contributed by atoms with E-state index in [0.29, 0.717) is 17.8 Å². The second-order valence-corrected chi connectivity index (χ2v) is 8.08. The summed E-state index contributed by atoms with van der Waals surface area (Å²) in [5, 5.41) is 13.5. The van der Waals surface area contributed by atoms with E-state index in [1.54, 1.807) is 28.9 Å². The largest absolute Gasteiger partial charge is 0.347 e. The summed E-state index contributed by atoms with van der Waals surface area (Å²) in [5.74, 6) is -0.183. The molecule has 1 aliphatic heterocycles. The minimum absolute atomic E-state index is 0.0248. The van der Waals surface area contributed by atoms with Crippen LogP contribution in [0.5, 0.6) is 0 Å².